The molecule has 12 heavy (non-hydrogen) atoms. The molecule has 0 fully saturated rings. The second kappa shape index (κ2) is 5.00. The molecule has 3 heteroatoms. The Balaban J connectivity index is 0.000000720. The first kappa shape index (κ1) is 10.2. The summed E-state index contributed by atoms with van der Waals surface area (Å²) in [7, 11) is 0. The summed E-state index contributed by atoms with van der Waals surface area (Å²) in [5.41, 5.74) is 1.24. The smallest absolute Gasteiger partial charge is 1.00 e. The van der Waals surface area contributed by atoms with Crippen LogP contribution in [0.15, 0.2) is 36.4 Å². The molecule has 1 nitrogen and oxygen atoms in total. The van der Waals surface area contributed by atoms with Crippen LogP contribution < -0.4 is 24.0 Å². The normalized spacial score (nSPS) is 13.2. The number of benzene rings is 1. The van der Waals surface area contributed by atoms with E-state index in [2.05, 4.69) is 25.4 Å². The first-order valence-corrected chi connectivity index (χ1v) is 5.81. The molecule has 0 spiro atoms. The Bertz CT molecular complexity index is 306. The van der Waals surface area contributed by atoms with E-state index in [4.69, 9.17) is 0 Å². The van der Waals surface area contributed by atoms with E-state index in [0.29, 0.717) is 0 Å². The second-order valence-electron chi connectivity index (χ2n) is 2.25. The van der Waals surface area contributed by atoms with Crippen molar-refractivity contribution < 1.29 is 27.1 Å². The molecule has 2 rings (SSSR count). The molecule has 0 unspecified atom stereocenters. The number of hydrogen-bond acceptors (Lipinski definition) is 0. The molecular formula is C9H8IOTe. The zero-order chi connectivity index (χ0) is 7.52. The van der Waals surface area contributed by atoms with Crippen molar-refractivity contribution in [3.63, 3.8) is 0 Å². The van der Waals surface area contributed by atoms with Crippen LogP contribution in [-0.2, 0) is 0 Å². The summed E-state index contributed by atoms with van der Waals surface area (Å²) in [6, 6.07) is 10.3. The van der Waals surface area contributed by atoms with Gasteiger partial charge in [-0.15, -0.1) is 0 Å². The monoisotopic (exact) mass is 389 g/mol. The van der Waals surface area contributed by atoms with Crippen molar-refractivity contribution in [3.05, 3.63) is 42.0 Å². The zero-order valence-electron chi connectivity index (χ0n) is 6.27. The third-order valence-corrected chi connectivity index (χ3v) is 3.11. The number of halogens is 1. The quantitative estimate of drug-likeness (QED) is 0.301. The molecule has 0 amide bonds. The van der Waals surface area contributed by atoms with Crippen molar-refractivity contribution >= 4 is 30.7 Å². The molecule has 0 aliphatic carbocycles. The van der Waals surface area contributed by atoms with E-state index < -0.39 is 0 Å². The SMILES string of the molecule is C1=[Te][OH+]C(c2ccccc2)=C1.[I-]. The third-order valence-electron chi connectivity index (χ3n) is 1.51. The minimum atomic E-state index is -0.172. The number of hydrogen-bond donors (Lipinski definition) is 0. The molecule has 0 aromatic heterocycles. The Hall–Kier alpha value is 0.150. The van der Waals surface area contributed by atoms with Crippen LogP contribution in [0.4, 0.5) is 0 Å². The summed E-state index contributed by atoms with van der Waals surface area (Å²) in [5.74, 6) is 1.16. The average Bonchev–Trinajstić information content (AvgIpc) is 2.58. The van der Waals surface area contributed by atoms with Gasteiger partial charge in [0.15, 0.2) is 0 Å². The van der Waals surface area contributed by atoms with Crippen LogP contribution in [0, 0.1) is 0 Å². The minimum absolute atomic E-state index is 0. The third kappa shape index (κ3) is 2.32. The van der Waals surface area contributed by atoms with Gasteiger partial charge in [-0.1, -0.05) is 0 Å². The van der Waals surface area contributed by atoms with Crippen LogP contribution in [0.2, 0.25) is 0 Å². The molecule has 1 aromatic rings. The average molecular weight is 387 g/mol. The molecule has 1 N–H and O–H groups in total. The van der Waals surface area contributed by atoms with Gasteiger partial charge in [-0.2, -0.15) is 0 Å². The molecule has 1 aliphatic rings. The van der Waals surface area contributed by atoms with Crippen molar-refractivity contribution in [2.45, 2.75) is 0 Å². The number of rotatable bonds is 1. The van der Waals surface area contributed by atoms with Crippen LogP contribution in [-0.4, -0.2) is 28.0 Å². The molecular weight excluding hydrogens is 379 g/mol. The van der Waals surface area contributed by atoms with E-state index in [1.807, 2.05) is 18.2 Å². The fraction of sp³-hybridized carbons (Fsp3) is 0. The van der Waals surface area contributed by atoms with E-state index in [1.165, 1.54) is 5.56 Å². The number of aliphatic hydroxyl groups is 1. The molecule has 0 saturated carbocycles. The predicted molar refractivity (Wildman–Crippen MR) is 48.5 cm³/mol. The topological polar surface area (TPSA) is 12.8 Å². The molecule has 1 aromatic carbocycles. The molecule has 1 aliphatic heterocycles. The van der Waals surface area contributed by atoms with Gasteiger partial charge in [-0.3, -0.25) is 0 Å². The van der Waals surface area contributed by atoms with Gasteiger partial charge in [0.1, 0.15) is 0 Å². The fourth-order valence-electron chi connectivity index (χ4n) is 0.970. The molecule has 1 heterocycles. The summed E-state index contributed by atoms with van der Waals surface area (Å²) in [6.45, 7) is 0. The van der Waals surface area contributed by atoms with Gasteiger partial charge >= 0.3 is 75.7 Å². The van der Waals surface area contributed by atoms with Gasteiger partial charge in [-0.25, -0.2) is 0 Å². The summed E-state index contributed by atoms with van der Waals surface area (Å²) in [6.07, 6.45) is 2.12. The van der Waals surface area contributed by atoms with Gasteiger partial charge in [0.25, 0.3) is 0 Å². The fourth-order valence-corrected chi connectivity index (χ4v) is 2.48. The molecule has 0 atom stereocenters. The van der Waals surface area contributed by atoms with Crippen molar-refractivity contribution in [3.8, 4) is 0 Å². The Morgan fingerprint density at radius 1 is 1.08 bits per heavy atom. The summed E-state index contributed by atoms with van der Waals surface area (Å²) in [5, 5.41) is 0. The summed E-state index contributed by atoms with van der Waals surface area (Å²) >= 11 is -0.172. The van der Waals surface area contributed by atoms with Crippen LogP contribution >= 0.6 is 0 Å². The van der Waals surface area contributed by atoms with Crippen molar-refractivity contribution in [1.82, 2.24) is 0 Å². The maximum absolute atomic E-state index is 4.44. The Labute approximate surface area is 98.9 Å². The van der Waals surface area contributed by atoms with E-state index in [0.717, 1.165) is 5.76 Å². The zero-order valence-corrected chi connectivity index (χ0v) is 10.8. The van der Waals surface area contributed by atoms with Gasteiger partial charge < -0.3 is 24.0 Å². The largest absolute Gasteiger partial charge is 1.00 e. The minimum Gasteiger partial charge on any atom is -1.00 e. The van der Waals surface area contributed by atoms with Gasteiger partial charge in [0.2, 0.25) is 0 Å². The Kier molecular flexibility index (Phi) is 4.27. The summed E-state index contributed by atoms with van der Waals surface area (Å²) in [4.78, 5) is 0. The molecule has 0 saturated heterocycles. The van der Waals surface area contributed by atoms with E-state index in [9.17, 15) is 0 Å². The summed E-state index contributed by atoms with van der Waals surface area (Å²) < 4.78 is 6.64. The van der Waals surface area contributed by atoms with Crippen LogP contribution in [0.25, 0.3) is 5.76 Å². The van der Waals surface area contributed by atoms with Crippen molar-refractivity contribution in [2.75, 3.05) is 0 Å². The van der Waals surface area contributed by atoms with Crippen molar-refractivity contribution in [1.29, 1.82) is 0 Å². The van der Waals surface area contributed by atoms with E-state index in [1.54, 1.807) is 0 Å². The second-order valence-corrected chi connectivity index (χ2v) is 4.15. The molecule has 0 bridgehead atoms. The molecule has 63 valence electrons. The first-order valence-electron chi connectivity index (χ1n) is 3.42. The predicted octanol–water partition coefficient (Wildman–Crippen LogP) is -2.01. The molecule has 1 radical (unpaired) electrons. The van der Waals surface area contributed by atoms with E-state index >= 15 is 0 Å². The van der Waals surface area contributed by atoms with Crippen molar-refractivity contribution in [2.24, 2.45) is 0 Å². The van der Waals surface area contributed by atoms with Gasteiger partial charge in [0, 0.05) is 0 Å². The van der Waals surface area contributed by atoms with Crippen LogP contribution in [0.3, 0.4) is 0 Å². The maximum Gasteiger partial charge on any atom is -1.00 e. The van der Waals surface area contributed by atoms with Crippen LogP contribution in [0.5, 0.6) is 0 Å². The Morgan fingerprint density at radius 2 is 1.83 bits per heavy atom. The van der Waals surface area contributed by atoms with Gasteiger partial charge in [0.05, 0.1) is 0 Å². The number of allylic oxidation sites excluding steroid dienone is 1. The van der Waals surface area contributed by atoms with Crippen LogP contribution in [0.1, 0.15) is 5.56 Å². The van der Waals surface area contributed by atoms with E-state index in [-0.39, 0.29) is 44.8 Å². The van der Waals surface area contributed by atoms with Gasteiger partial charge in [-0.05, 0) is 0 Å². The standard InChI is InChI=1S/C9H8OTe.HI/c1-2-4-8(5-3-1)9-6-7-11-10-9;/h1-7,10H;1H/q+1;/p-1. The first-order chi connectivity index (χ1) is 5.47. The Morgan fingerprint density at radius 3 is 2.42 bits per heavy atom. The maximum atomic E-state index is 4.44.